The van der Waals surface area contributed by atoms with Gasteiger partial charge < -0.3 is 20.1 Å². The molecule has 3 N–H and O–H groups in total. The maximum absolute atomic E-state index is 12.7. The molecule has 9 nitrogen and oxygen atoms in total. The summed E-state index contributed by atoms with van der Waals surface area (Å²) in [6.45, 7) is 1.36. The van der Waals surface area contributed by atoms with E-state index >= 15 is 0 Å². The van der Waals surface area contributed by atoms with Crippen LogP contribution in [-0.2, 0) is 14.8 Å². The van der Waals surface area contributed by atoms with E-state index in [4.69, 9.17) is 9.47 Å². The second-order valence-corrected chi connectivity index (χ2v) is 8.56. The van der Waals surface area contributed by atoms with Gasteiger partial charge >= 0.3 is 0 Å². The van der Waals surface area contributed by atoms with Gasteiger partial charge in [-0.3, -0.25) is 14.3 Å². The minimum Gasteiger partial charge on any atom is -0.495 e. The Morgan fingerprint density at radius 3 is 2.06 bits per heavy atom. The highest BCUT2D eigenvalue weighted by Gasteiger charge is 2.17. The largest absolute Gasteiger partial charge is 0.495 e. The van der Waals surface area contributed by atoms with Gasteiger partial charge in [0, 0.05) is 18.2 Å². The molecular formula is C23H23N3O6S. The Balaban J connectivity index is 1.76. The van der Waals surface area contributed by atoms with Gasteiger partial charge in [0.15, 0.2) is 0 Å². The third-order valence-electron chi connectivity index (χ3n) is 4.55. The Bertz CT molecular complexity index is 1270. The van der Waals surface area contributed by atoms with Gasteiger partial charge in [0.2, 0.25) is 5.91 Å². The van der Waals surface area contributed by atoms with E-state index in [0.717, 1.165) is 0 Å². The summed E-state index contributed by atoms with van der Waals surface area (Å²) in [5, 5.41) is 5.34. The van der Waals surface area contributed by atoms with Crippen LogP contribution in [-0.4, -0.2) is 34.5 Å². The van der Waals surface area contributed by atoms with E-state index in [9.17, 15) is 18.0 Å². The first-order valence-corrected chi connectivity index (χ1v) is 11.2. The molecule has 33 heavy (non-hydrogen) atoms. The van der Waals surface area contributed by atoms with Crippen molar-refractivity contribution in [3.05, 3.63) is 72.3 Å². The quantitative estimate of drug-likeness (QED) is 0.462. The number of hydrogen-bond acceptors (Lipinski definition) is 6. The van der Waals surface area contributed by atoms with E-state index < -0.39 is 15.9 Å². The minimum atomic E-state index is -3.89. The van der Waals surface area contributed by atoms with Crippen LogP contribution >= 0.6 is 0 Å². The van der Waals surface area contributed by atoms with Crippen molar-refractivity contribution in [2.24, 2.45) is 0 Å². The van der Waals surface area contributed by atoms with Gasteiger partial charge in [0.25, 0.3) is 15.9 Å². The highest BCUT2D eigenvalue weighted by atomic mass is 32.2. The van der Waals surface area contributed by atoms with Crippen molar-refractivity contribution >= 4 is 38.9 Å². The molecule has 0 aliphatic carbocycles. The Labute approximate surface area is 191 Å². The number of methoxy groups -OCH3 is 2. The van der Waals surface area contributed by atoms with Crippen molar-refractivity contribution in [3.63, 3.8) is 0 Å². The lowest BCUT2D eigenvalue weighted by molar-refractivity contribution is -0.114. The molecule has 2 amide bonds. The molecule has 0 spiro atoms. The van der Waals surface area contributed by atoms with Crippen LogP contribution in [0.5, 0.6) is 11.5 Å². The Morgan fingerprint density at radius 2 is 1.42 bits per heavy atom. The number of ether oxygens (including phenoxy) is 2. The zero-order valence-electron chi connectivity index (χ0n) is 18.2. The van der Waals surface area contributed by atoms with Crippen LogP contribution in [0, 0.1) is 0 Å². The van der Waals surface area contributed by atoms with E-state index in [0.29, 0.717) is 28.6 Å². The number of amides is 2. The zero-order chi connectivity index (χ0) is 24.0. The first-order valence-electron chi connectivity index (χ1n) is 9.76. The number of hydrogen-bond donors (Lipinski definition) is 3. The van der Waals surface area contributed by atoms with E-state index in [2.05, 4.69) is 15.4 Å². The van der Waals surface area contributed by atoms with Crippen LogP contribution < -0.4 is 24.8 Å². The predicted molar refractivity (Wildman–Crippen MR) is 125 cm³/mol. The summed E-state index contributed by atoms with van der Waals surface area (Å²) in [5.74, 6) is 0.0985. The van der Waals surface area contributed by atoms with Crippen LogP contribution in [0.3, 0.4) is 0 Å². The molecule has 3 rings (SSSR count). The molecule has 172 valence electrons. The fourth-order valence-corrected chi connectivity index (χ4v) is 4.06. The first-order chi connectivity index (χ1) is 15.7. The lowest BCUT2D eigenvalue weighted by Gasteiger charge is -2.13. The third-order valence-corrected chi connectivity index (χ3v) is 5.93. The molecule has 3 aromatic rings. The van der Waals surface area contributed by atoms with Crippen molar-refractivity contribution in [2.45, 2.75) is 11.8 Å². The molecular weight excluding hydrogens is 446 g/mol. The molecule has 0 unspecified atom stereocenters. The van der Waals surface area contributed by atoms with Gasteiger partial charge in [-0.15, -0.1) is 0 Å². The monoisotopic (exact) mass is 469 g/mol. The summed E-state index contributed by atoms with van der Waals surface area (Å²) in [6.07, 6.45) is 0. The van der Waals surface area contributed by atoms with E-state index in [1.54, 1.807) is 42.5 Å². The molecule has 0 aliphatic rings. The summed E-state index contributed by atoms with van der Waals surface area (Å²) in [6, 6.07) is 16.9. The highest BCUT2D eigenvalue weighted by molar-refractivity contribution is 7.92. The predicted octanol–water partition coefficient (Wildman–Crippen LogP) is 3.72. The van der Waals surface area contributed by atoms with Gasteiger partial charge in [-0.25, -0.2) is 8.42 Å². The topological polar surface area (TPSA) is 123 Å². The number of nitrogens with one attached hydrogen (secondary N) is 3. The summed E-state index contributed by atoms with van der Waals surface area (Å²) < 4.78 is 38.3. The number of sulfonamides is 1. The second-order valence-electron chi connectivity index (χ2n) is 6.88. The summed E-state index contributed by atoms with van der Waals surface area (Å²) in [7, 11) is -0.972. The van der Waals surface area contributed by atoms with Crippen molar-refractivity contribution in [2.75, 3.05) is 29.6 Å². The number of para-hydroxylation sites is 2. The standard InChI is InChI=1S/C23H23N3O6S/c1-15(27)24-20-14-17(10-13-22(20)32-3)25-23(28)16-8-11-18(12-9-16)33(29,30)26-19-6-4-5-7-21(19)31-2/h4-14,26H,1-3H3,(H,24,27)(H,25,28). The van der Waals surface area contributed by atoms with Gasteiger partial charge in [-0.2, -0.15) is 0 Å². The number of carbonyl (C=O) groups excluding carboxylic acids is 2. The third kappa shape index (κ3) is 5.80. The Hall–Kier alpha value is -4.05. The Kier molecular flexibility index (Phi) is 7.19. The van der Waals surface area contributed by atoms with Crippen LogP contribution in [0.2, 0.25) is 0 Å². The molecule has 0 heterocycles. The molecule has 0 atom stereocenters. The van der Waals surface area contributed by atoms with Crippen LogP contribution in [0.4, 0.5) is 17.1 Å². The lowest BCUT2D eigenvalue weighted by atomic mass is 10.2. The lowest BCUT2D eigenvalue weighted by Crippen LogP contribution is -2.15. The minimum absolute atomic E-state index is 0.0117. The molecule has 0 aromatic heterocycles. The summed E-state index contributed by atoms with van der Waals surface area (Å²) >= 11 is 0. The molecule has 0 radical (unpaired) electrons. The van der Waals surface area contributed by atoms with Gasteiger partial charge in [0.05, 0.1) is 30.5 Å². The van der Waals surface area contributed by atoms with Crippen molar-refractivity contribution < 1.29 is 27.5 Å². The van der Waals surface area contributed by atoms with E-state index in [1.165, 1.54) is 45.4 Å². The summed E-state index contributed by atoms with van der Waals surface area (Å²) in [4.78, 5) is 24.0. The molecule has 0 aliphatic heterocycles. The van der Waals surface area contributed by atoms with Crippen LogP contribution in [0.25, 0.3) is 0 Å². The second kappa shape index (κ2) is 10.0. The van der Waals surface area contributed by atoms with Gasteiger partial charge in [0.1, 0.15) is 11.5 Å². The normalized spacial score (nSPS) is 10.8. The van der Waals surface area contributed by atoms with Crippen molar-refractivity contribution in [3.8, 4) is 11.5 Å². The molecule has 3 aromatic carbocycles. The number of anilines is 3. The molecule has 0 fully saturated rings. The summed E-state index contributed by atoms with van der Waals surface area (Å²) in [5.41, 5.74) is 1.39. The molecule has 0 bridgehead atoms. The number of benzene rings is 3. The van der Waals surface area contributed by atoms with Crippen LogP contribution in [0.15, 0.2) is 71.6 Å². The van der Waals surface area contributed by atoms with Crippen molar-refractivity contribution in [1.29, 1.82) is 0 Å². The maximum Gasteiger partial charge on any atom is 0.262 e. The number of carbonyl (C=O) groups is 2. The molecule has 10 heteroatoms. The van der Waals surface area contributed by atoms with Gasteiger partial charge in [-0.1, -0.05) is 12.1 Å². The first kappa shape index (κ1) is 23.6. The maximum atomic E-state index is 12.7. The average molecular weight is 470 g/mol. The van der Waals surface area contributed by atoms with E-state index in [-0.39, 0.29) is 16.4 Å². The number of rotatable bonds is 8. The van der Waals surface area contributed by atoms with Crippen LogP contribution in [0.1, 0.15) is 17.3 Å². The fraction of sp³-hybridized carbons (Fsp3) is 0.130. The highest BCUT2D eigenvalue weighted by Crippen LogP contribution is 2.29. The average Bonchev–Trinajstić information content (AvgIpc) is 2.79. The van der Waals surface area contributed by atoms with Crippen molar-refractivity contribution in [1.82, 2.24) is 0 Å². The fourth-order valence-electron chi connectivity index (χ4n) is 2.99. The van der Waals surface area contributed by atoms with Gasteiger partial charge in [-0.05, 0) is 54.6 Å². The molecule has 0 saturated heterocycles. The zero-order valence-corrected chi connectivity index (χ0v) is 19.0. The molecule has 0 saturated carbocycles. The van der Waals surface area contributed by atoms with E-state index in [1.807, 2.05) is 0 Å². The smallest absolute Gasteiger partial charge is 0.262 e. The SMILES string of the molecule is COc1ccc(NC(=O)c2ccc(S(=O)(=O)Nc3ccccc3OC)cc2)cc1NC(C)=O. The Morgan fingerprint density at radius 1 is 0.788 bits per heavy atom.